The van der Waals surface area contributed by atoms with Crippen molar-refractivity contribution in [1.82, 2.24) is 4.98 Å². The maximum Gasteiger partial charge on any atom is 0.196 e. The monoisotopic (exact) mass is 364 g/mol. The van der Waals surface area contributed by atoms with Gasteiger partial charge in [0.25, 0.3) is 0 Å². The predicted molar refractivity (Wildman–Crippen MR) is 103 cm³/mol. The van der Waals surface area contributed by atoms with Crippen LogP contribution in [-0.4, -0.2) is 23.1 Å². The summed E-state index contributed by atoms with van der Waals surface area (Å²) < 4.78 is 0. The van der Waals surface area contributed by atoms with Crippen LogP contribution in [0.4, 0.5) is 5.69 Å². The van der Waals surface area contributed by atoms with E-state index in [1.807, 2.05) is 6.07 Å². The lowest BCUT2D eigenvalue weighted by Gasteiger charge is -2.19. The minimum Gasteiger partial charge on any atom is -0.384 e. The van der Waals surface area contributed by atoms with Crippen LogP contribution in [0.15, 0.2) is 42.5 Å². The van der Waals surface area contributed by atoms with Gasteiger partial charge >= 0.3 is 0 Å². The van der Waals surface area contributed by atoms with Crippen molar-refractivity contribution in [3.8, 4) is 0 Å². The first-order valence-electron chi connectivity index (χ1n) is 8.67. The summed E-state index contributed by atoms with van der Waals surface area (Å²) in [5.41, 5.74) is 2.88. The van der Waals surface area contributed by atoms with Gasteiger partial charge in [-0.3, -0.25) is 9.59 Å². The van der Waals surface area contributed by atoms with E-state index < -0.39 is 0 Å². The van der Waals surface area contributed by atoms with E-state index in [0.717, 1.165) is 30.5 Å². The Morgan fingerprint density at radius 1 is 1.00 bits per heavy atom. The van der Waals surface area contributed by atoms with Crippen molar-refractivity contribution >= 4 is 39.8 Å². The van der Waals surface area contributed by atoms with Crippen LogP contribution in [0.1, 0.15) is 51.6 Å². The number of pyridine rings is 1. The molecule has 0 unspecified atom stereocenters. The largest absolute Gasteiger partial charge is 0.384 e. The zero-order chi connectivity index (χ0) is 18.3. The number of carbonyl (C=O) groups excluding carboxylic acids is 2. The van der Waals surface area contributed by atoms with E-state index in [0.29, 0.717) is 32.9 Å². The van der Waals surface area contributed by atoms with Crippen molar-refractivity contribution in [2.45, 2.75) is 19.8 Å². The van der Waals surface area contributed by atoms with Crippen molar-refractivity contribution in [2.24, 2.45) is 0 Å². The predicted octanol–water partition coefficient (Wildman–Crippen LogP) is 4.88. The van der Waals surface area contributed by atoms with Crippen molar-refractivity contribution in [2.75, 3.05) is 11.9 Å². The smallest absolute Gasteiger partial charge is 0.196 e. The highest BCUT2D eigenvalue weighted by Crippen LogP contribution is 2.35. The number of unbranched alkanes of at least 4 members (excludes halogenated alkanes) is 1. The third kappa shape index (κ3) is 2.58. The number of nitrogens with zero attached hydrogens (tertiary/aromatic N) is 1. The van der Waals surface area contributed by atoms with Crippen LogP contribution in [0.2, 0.25) is 5.15 Å². The second-order valence-corrected chi connectivity index (χ2v) is 6.75. The van der Waals surface area contributed by atoms with Crippen LogP contribution in [0, 0.1) is 0 Å². The van der Waals surface area contributed by atoms with Gasteiger partial charge in [0.1, 0.15) is 5.15 Å². The number of hydrogen-bond acceptors (Lipinski definition) is 4. The maximum atomic E-state index is 13.1. The molecule has 1 aliphatic rings. The topological polar surface area (TPSA) is 59.1 Å². The van der Waals surface area contributed by atoms with Gasteiger partial charge in [-0.2, -0.15) is 0 Å². The number of aromatic nitrogens is 1. The molecule has 1 N–H and O–H groups in total. The molecule has 1 aromatic heterocycles. The first-order valence-corrected chi connectivity index (χ1v) is 9.05. The lowest BCUT2D eigenvalue weighted by atomic mass is 9.83. The van der Waals surface area contributed by atoms with E-state index in [2.05, 4.69) is 17.2 Å². The molecule has 130 valence electrons. The number of fused-ring (bicyclic) bond motifs is 4. The highest BCUT2D eigenvalue weighted by molar-refractivity contribution is 6.33. The highest BCUT2D eigenvalue weighted by Gasteiger charge is 2.31. The van der Waals surface area contributed by atoms with E-state index in [4.69, 9.17) is 11.6 Å². The van der Waals surface area contributed by atoms with E-state index in [9.17, 15) is 9.59 Å². The average molecular weight is 365 g/mol. The summed E-state index contributed by atoms with van der Waals surface area (Å²) in [6, 6.07) is 12.2. The minimum absolute atomic E-state index is 0.153. The van der Waals surface area contributed by atoms with Gasteiger partial charge < -0.3 is 5.32 Å². The van der Waals surface area contributed by atoms with E-state index in [-0.39, 0.29) is 11.6 Å². The average Bonchev–Trinajstić information content (AvgIpc) is 2.65. The number of anilines is 1. The molecule has 0 saturated carbocycles. The normalized spacial score (nSPS) is 12.8. The number of halogens is 1. The summed E-state index contributed by atoms with van der Waals surface area (Å²) >= 11 is 6.22. The molecule has 0 saturated heterocycles. The van der Waals surface area contributed by atoms with Gasteiger partial charge in [-0.15, -0.1) is 0 Å². The van der Waals surface area contributed by atoms with Gasteiger partial charge in [0.05, 0.1) is 11.1 Å². The van der Waals surface area contributed by atoms with Crippen molar-refractivity contribution in [3.05, 3.63) is 69.9 Å². The molecule has 0 bridgehead atoms. The quantitative estimate of drug-likeness (QED) is 0.414. The Bertz CT molecular complexity index is 1060. The lowest BCUT2D eigenvalue weighted by Crippen LogP contribution is -2.21. The van der Waals surface area contributed by atoms with Crippen LogP contribution in [0.25, 0.3) is 10.9 Å². The summed E-state index contributed by atoms with van der Waals surface area (Å²) in [4.78, 5) is 30.3. The van der Waals surface area contributed by atoms with E-state index >= 15 is 0 Å². The van der Waals surface area contributed by atoms with Gasteiger partial charge in [-0.25, -0.2) is 4.98 Å². The molecule has 3 aromatic rings. The first-order chi connectivity index (χ1) is 12.6. The van der Waals surface area contributed by atoms with E-state index in [1.54, 1.807) is 36.4 Å². The Labute approximate surface area is 156 Å². The molecular formula is C21H17ClN2O2. The minimum atomic E-state index is -0.185. The molecule has 4 nitrogen and oxygen atoms in total. The Hall–Kier alpha value is -2.72. The second-order valence-electron chi connectivity index (χ2n) is 6.36. The molecule has 0 amide bonds. The Kier molecular flexibility index (Phi) is 4.21. The Balaban J connectivity index is 1.94. The number of rotatable bonds is 4. The summed E-state index contributed by atoms with van der Waals surface area (Å²) in [6.45, 7) is 2.93. The lowest BCUT2D eigenvalue weighted by molar-refractivity contribution is 0.0980. The highest BCUT2D eigenvalue weighted by atomic mass is 35.5. The molecule has 0 aliphatic heterocycles. The summed E-state index contributed by atoms with van der Waals surface area (Å²) in [5.74, 6) is -0.338. The van der Waals surface area contributed by atoms with Gasteiger partial charge in [0, 0.05) is 34.3 Å². The molecule has 0 radical (unpaired) electrons. The molecular weight excluding hydrogens is 348 g/mol. The van der Waals surface area contributed by atoms with Crippen LogP contribution < -0.4 is 5.32 Å². The molecule has 5 heteroatoms. The van der Waals surface area contributed by atoms with Gasteiger partial charge in [-0.05, 0) is 24.6 Å². The molecule has 4 rings (SSSR count). The van der Waals surface area contributed by atoms with Gasteiger partial charge in [-0.1, -0.05) is 49.2 Å². The first kappa shape index (κ1) is 16.7. The number of ketones is 2. The van der Waals surface area contributed by atoms with Crippen LogP contribution in [0.5, 0.6) is 0 Å². The third-order valence-electron chi connectivity index (χ3n) is 4.68. The molecule has 1 aliphatic carbocycles. The molecule has 0 spiro atoms. The molecule has 2 aromatic carbocycles. The third-order valence-corrected chi connectivity index (χ3v) is 4.88. The van der Waals surface area contributed by atoms with Crippen molar-refractivity contribution < 1.29 is 9.59 Å². The van der Waals surface area contributed by atoms with Gasteiger partial charge in [0.15, 0.2) is 11.6 Å². The SMILES string of the molecule is CCCCNc1cc(Cl)nc2c3c(ccc12)C(=O)c1ccccc1C3=O. The number of nitrogens with one attached hydrogen (secondary N) is 1. The number of benzene rings is 2. The van der Waals surface area contributed by atoms with Crippen LogP contribution >= 0.6 is 11.6 Å². The van der Waals surface area contributed by atoms with Crippen LogP contribution in [0.3, 0.4) is 0 Å². The summed E-state index contributed by atoms with van der Waals surface area (Å²) in [5, 5.41) is 4.45. The van der Waals surface area contributed by atoms with Gasteiger partial charge in [0.2, 0.25) is 0 Å². The molecule has 1 heterocycles. The van der Waals surface area contributed by atoms with E-state index in [1.165, 1.54) is 0 Å². The van der Waals surface area contributed by atoms with Crippen molar-refractivity contribution in [1.29, 1.82) is 0 Å². The van der Waals surface area contributed by atoms with Crippen molar-refractivity contribution in [3.63, 3.8) is 0 Å². The fourth-order valence-corrected chi connectivity index (χ4v) is 3.58. The maximum absolute atomic E-state index is 13.1. The zero-order valence-electron chi connectivity index (χ0n) is 14.3. The molecule has 26 heavy (non-hydrogen) atoms. The Morgan fingerprint density at radius 3 is 2.46 bits per heavy atom. The summed E-state index contributed by atoms with van der Waals surface area (Å²) in [7, 11) is 0. The molecule has 0 fully saturated rings. The second kappa shape index (κ2) is 6.54. The molecule has 0 atom stereocenters. The number of hydrogen-bond donors (Lipinski definition) is 1. The Morgan fingerprint density at radius 2 is 1.73 bits per heavy atom. The number of carbonyl (C=O) groups is 2. The fourth-order valence-electron chi connectivity index (χ4n) is 3.38. The fraction of sp³-hybridized carbons (Fsp3) is 0.190. The summed E-state index contributed by atoms with van der Waals surface area (Å²) in [6.07, 6.45) is 2.10. The standard InChI is InChI=1S/C21H17ClN2O2/c1-2-3-10-23-16-11-17(22)24-19-14(16)8-9-15-18(19)21(26)13-7-5-4-6-12(13)20(15)25/h4-9,11H,2-3,10H2,1H3,(H,23,24). The zero-order valence-corrected chi connectivity index (χ0v) is 15.1. The van der Waals surface area contributed by atoms with Crippen LogP contribution in [-0.2, 0) is 0 Å².